The molecule has 3 heterocycles. The summed E-state index contributed by atoms with van der Waals surface area (Å²) < 4.78 is 2.16. The van der Waals surface area contributed by atoms with Crippen molar-refractivity contribution in [2.75, 3.05) is 11.9 Å². The fourth-order valence-electron chi connectivity index (χ4n) is 4.42. The van der Waals surface area contributed by atoms with Crippen LogP contribution in [0.3, 0.4) is 0 Å². The Morgan fingerprint density at radius 1 is 1.03 bits per heavy atom. The zero-order valence-corrected chi connectivity index (χ0v) is 19.6. The van der Waals surface area contributed by atoms with Gasteiger partial charge in [0, 0.05) is 29.5 Å². The van der Waals surface area contributed by atoms with Crippen LogP contribution in [-0.4, -0.2) is 32.0 Å². The molecule has 1 aliphatic rings. The number of nitrogens with one attached hydrogen (secondary N) is 2. The summed E-state index contributed by atoms with van der Waals surface area (Å²) in [6.07, 6.45) is 3.82. The van der Waals surface area contributed by atoms with Gasteiger partial charge in [-0.2, -0.15) is 0 Å². The standard InChI is InChI=1S/C27H25N5OS/c1-19-9-7-12-21(17-19)31-16-8-14-23(31)26-25(22-13-5-6-15-28-22)30-27(34)32(26)18-24(33)29-20-10-3-2-4-11-20/h2-17,25-26H,18H2,1H3,(H,29,33)(H,30,34)/t25-,26-/m1/s1. The molecule has 2 aromatic heterocycles. The molecule has 4 aromatic rings. The molecule has 5 rings (SSSR count). The van der Waals surface area contributed by atoms with Gasteiger partial charge in [-0.1, -0.05) is 36.4 Å². The number of aromatic nitrogens is 2. The van der Waals surface area contributed by atoms with Crippen molar-refractivity contribution in [2.45, 2.75) is 19.0 Å². The molecule has 0 bridgehead atoms. The Morgan fingerprint density at radius 2 is 1.85 bits per heavy atom. The molecule has 34 heavy (non-hydrogen) atoms. The second-order valence-corrected chi connectivity index (χ2v) is 8.70. The maximum atomic E-state index is 13.0. The van der Waals surface area contributed by atoms with Crippen LogP contribution < -0.4 is 10.6 Å². The highest BCUT2D eigenvalue weighted by Crippen LogP contribution is 2.39. The molecule has 0 unspecified atom stereocenters. The second-order valence-electron chi connectivity index (χ2n) is 8.31. The largest absolute Gasteiger partial charge is 0.352 e. The number of aryl methyl sites for hydroxylation is 1. The first-order valence-corrected chi connectivity index (χ1v) is 11.6. The summed E-state index contributed by atoms with van der Waals surface area (Å²) in [5.41, 5.74) is 4.90. The number of pyridine rings is 1. The summed E-state index contributed by atoms with van der Waals surface area (Å²) in [5.74, 6) is -0.129. The number of hydrogen-bond donors (Lipinski definition) is 2. The third-order valence-electron chi connectivity index (χ3n) is 5.93. The van der Waals surface area contributed by atoms with Gasteiger partial charge in [0.2, 0.25) is 5.91 Å². The zero-order chi connectivity index (χ0) is 23.5. The van der Waals surface area contributed by atoms with Crippen molar-refractivity contribution in [2.24, 2.45) is 0 Å². The van der Waals surface area contributed by atoms with Crippen molar-refractivity contribution in [3.63, 3.8) is 0 Å². The summed E-state index contributed by atoms with van der Waals surface area (Å²) in [7, 11) is 0. The van der Waals surface area contributed by atoms with Crippen LogP contribution in [0.25, 0.3) is 5.69 Å². The number of anilines is 1. The minimum Gasteiger partial charge on any atom is -0.352 e. The van der Waals surface area contributed by atoms with Crippen LogP contribution in [0.4, 0.5) is 5.69 Å². The average Bonchev–Trinajstić information content (AvgIpc) is 3.45. The Bertz CT molecular complexity index is 1300. The number of para-hydroxylation sites is 1. The fraction of sp³-hybridized carbons (Fsp3) is 0.148. The molecular formula is C27H25N5OS. The van der Waals surface area contributed by atoms with Gasteiger partial charge in [0.15, 0.2) is 5.11 Å². The van der Waals surface area contributed by atoms with Gasteiger partial charge in [0.05, 0.1) is 17.8 Å². The molecule has 1 aliphatic heterocycles. The van der Waals surface area contributed by atoms with Crippen molar-refractivity contribution < 1.29 is 4.79 Å². The molecule has 1 saturated heterocycles. The van der Waals surface area contributed by atoms with E-state index >= 15 is 0 Å². The van der Waals surface area contributed by atoms with Gasteiger partial charge in [-0.25, -0.2) is 0 Å². The van der Waals surface area contributed by atoms with Gasteiger partial charge < -0.3 is 20.1 Å². The number of nitrogens with zero attached hydrogens (tertiary/aromatic N) is 3. The maximum Gasteiger partial charge on any atom is 0.244 e. The van der Waals surface area contributed by atoms with E-state index in [9.17, 15) is 4.79 Å². The highest BCUT2D eigenvalue weighted by atomic mass is 32.1. The van der Waals surface area contributed by atoms with Crippen LogP contribution >= 0.6 is 12.2 Å². The normalized spacial score (nSPS) is 17.4. The smallest absolute Gasteiger partial charge is 0.244 e. The SMILES string of the molecule is Cc1cccc(-n2cccc2[C@@H]2[C@@H](c3ccccn3)NC(=S)N2CC(=O)Nc2ccccc2)c1. The first kappa shape index (κ1) is 21.9. The van der Waals surface area contributed by atoms with E-state index in [1.54, 1.807) is 6.20 Å². The lowest BCUT2D eigenvalue weighted by Crippen LogP contribution is -2.37. The van der Waals surface area contributed by atoms with Crippen LogP contribution in [0.1, 0.15) is 29.0 Å². The molecule has 0 aliphatic carbocycles. The lowest BCUT2D eigenvalue weighted by molar-refractivity contribution is -0.116. The molecule has 170 valence electrons. The van der Waals surface area contributed by atoms with Crippen LogP contribution in [0.2, 0.25) is 0 Å². The Morgan fingerprint density at radius 3 is 2.62 bits per heavy atom. The number of amides is 1. The first-order chi connectivity index (χ1) is 16.6. The van der Waals surface area contributed by atoms with E-state index in [2.05, 4.69) is 51.4 Å². The molecule has 6 nitrogen and oxygen atoms in total. The van der Waals surface area contributed by atoms with Crippen molar-refractivity contribution in [1.29, 1.82) is 0 Å². The van der Waals surface area contributed by atoms with Crippen molar-refractivity contribution in [3.8, 4) is 5.69 Å². The van der Waals surface area contributed by atoms with Crippen molar-refractivity contribution in [3.05, 3.63) is 114 Å². The third-order valence-corrected chi connectivity index (χ3v) is 6.28. The summed E-state index contributed by atoms with van der Waals surface area (Å²) in [4.78, 5) is 19.6. The molecule has 2 atom stereocenters. The molecule has 0 spiro atoms. The Balaban J connectivity index is 1.52. The minimum absolute atomic E-state index is 0.119. The molecule has 1 fully saturated rings. The van der Waals surface area contributed by atoms with E-state index in [1.165, 1.54) is 5.56 Å². The van der Waals surface area contributed by atoms with E-state index in [4.69, 9.17) is 12.2 Å². The minimum atomic E-state index is -0.223. The van der Waals surface area contributed by atoms with E-state index in [-0.39, 0.29) is 24.5 Å². The van der Waals surface area contributed by atoms with Gasteiger partial charge >= 0.3 is 0 Å². The highest BCUT2D eigenvalue weighted by Gasteiger charge is 2.42. The zero-order valence-electron chi connectivity index (χ0n) is 18.8. The van der Waals surface area contributed by atoms with E-state index in [1.807, 2.05) is 71.8 Å². The highest BCUT2D eigenvalue weighted by molar-refractivity contribution is 7.80. The number of carbonyl (C=O) groups is 1. The Kier molecular flexibility index (Phi) is 6.10. The topological polar surface area (TPSA) is 62.2 Å². The van der Waals surface area contributed by atoms with Crippen molar-refractivity contribution >= 4 is 28.9 Å². The van der Waals surface area contributed by atoms with E-state index in [0.717, 1.165) is 22.8 Å². The molecule has 7 heteroatoms. The molecule has 1 amide bonds. The molecule has 0 saturated carbocycles. The number of hydrogen-bond acceptors (Lipinski definition) is 3. The predicted octanol–water partition coefficient (Wildman–Crippen LogP) is 4.79. The van der Waals surface area contributed by atoms with Gasteiger partial charge in [-0.3, -0.25) is 9.78 Å². The van der Waals surface area contributed by atoms with E-state index < -0.39 is 0 Å². The van der Waals surface area contributed by atoms with Gasteiger partial charge in [-0.05, 0) is 73.2 Å². The number of benzene rings is 2. The number of carbonyl (C=O) groups excluding carboxylic acids is 1. The summed E-state index contributed by atoms with van der Waals surface area (Å²) in [5, 5.41) is 6.92. The van der Waals surface area contributed by atoms with Gasteiger partial charge in [-0.15, -0.1) is 0 Å². The Labute approximate surface area is 204 Å². The molecular weight excluding hydrogens is 442 g/mol. The molecule has 2 aromatic carbocycles. The summed E-state index contributed by atoms with van der Waals surface area (Å²) in [6, 6.07) is 27.3. The summed E-state index contributed by atoms with van der Waals surface area (Å²) >= 11 is 5.73. The predicted molar refractivity (Wildman–Crippen MR) is 138 cm³/mol. The Hall–Kier alpha value is -3.97. The number of rotatable bonds is 6. The monoisotopic (exact) mass is 467 g/mol. The second kappa shape index (κ2) is 9.49. The molecule has 0 radical (unpaired) electrons. The maximum absolute atomic E-state index is 13.0. The first-order valence-electron chi connectivity index (χ1n) is 11.2. The lowest BCUT2D eigenvalue weighted by Gasteiger charge is -2.28. The summed E-state index contributed by atoms with van der Waals surface area (Å²) in [6.45, 7) is 2.20. The fourth-order valence-corrected chi connectivity index (χ4v) is 4.73. The van der Waals surface area contributed by atoms with Crippen LogP contribution in [0, 0.1) is 6.92 Å². The van der Waals surface area contributed by atoms with Crippen LogP contribution in [0.15, 0.2) is 97.3 Å². The third kappa shape index (κ3) is 4.43. The van der Waals surface area contributed by atoms with Crippen molar-refractivity contribution in [1.82, 2.24) is 19.8 Å². The average molecular weight is 468 g/mol. The lowest BCUT2D eigenvalue weighted by atomic mass is 10.0. The molecule has 2 N–H and O–H groups in total. The van der Waals surface area contributed by atoms with Gasteiger partial charge in [0.1, 0.15) is 6.54 Å². The van der Waals surface area contributed by atoms with Crippen LogP contribution in [0.5, 0.6) is 0 Å². The quantitative estimate of drug-likeness (QED) is 0.399. The van der Waals surface area contributed by atoms with Gasteiger partial charge in [0.25, 0.3) is 0 Å². The van der Waals surface area contributed by atoms with Crippen LogP contribution in [-0.2, 0) is 4.79 Å². The number of thiocarbonyl (C=S) groups is 1. The van der Waals surface area contributed by atoms with E-state index in [0.29, 0.717) is 5.11 Å².